The summed E-state index contributed by atoms with van der Waals surface area (Å²) in [5, 5.41) is 21.7. The maximum atomic E-state index is 12.3. The van der Waals surface area contributed by atoms with Crippen molar-refractivity contribution in [2.45, 2.75) is 0 Å². The predicted molar refractivity (Wildman–Crippen MR) is 72.3 cm³/mol. The molecule has 0 saturated heterocycles. The van der Waals surface area contributed by atoms with E-state index < -0.39 is 22.4 Å². The molecular formula is C14H7ClNO5-. The molecule has 21 heavy (non-hydrogen) atoms. The number of nitro benzene ring substituents is 1. The van der Waals surface area contributed by atoms with Crippen molar-refractivity contribution in [3.63, 3.8) is 0 Å². The number of ketones is 1. The lowest BCUT2D eigenvalue weighted by Crippen LogP contribution is -2.25. The smallest absolute Gasteiger partial charge is 0.288 e. The fraction of sp³-hybridized carbons (Fsp3) is 0. The van der Waals surface area contributed by atoms with E-state index >= 15 is 0 Å². The van der Waals surface area contributed by atoms with Crippen LogP contribution in [0.4, 0.5) is 5.69 Å². The lowest BCUT2D eigenvalue weighted by atomic mass is 9.98. The van der Waals surface area contributed by atoms with Crippen molar-refractivity contribution >= 4 is 29.0 Å². The lowest BCUT2D eigenvalue weighted by molar-refractivity contribution is -0.384. The first kappa shape index (κ1) is 14.7. The highest BCUT2D eigenvalue weighted by atomic mass is 35.5. The summed E-state index contributed by atoms with van der Waals surface area (Å²) in [6.07, 6.45) is 0. The zero-order chi connectivity index (χ0) is 15.6. The highest BCUT2D eigenvalue weighted by Gasteiger charge is 2.19. The molecule has 0 spiro atoms. The van der Waals surface area contributed by atoms with Gasteiger partial charge >= 0.3 is 0 Å². The van der Waals surface area contributed by atoms with E-state index in [-0.39, 0.29) is 21.7 Å². The van der Waals surface area contributed by atoms with Crippen molar-refractivity contribution < 1.29 is 19.6 Å². The van der Waals surface area contributed by atoms with Gasteiger partial charge in [0.05, 0.1) is 10.9 Å². The molecule has 0 heterocycles. The van der Waals surface area contributed by atoms with Gasteiger partial charge in [-0.2, -0.15) is 0 Å². The third-order valence-electron chi connectivity index (χ3n) is 2.80. The summed E-state index contributed by atoms with van der Waals surface area (Å²) >= 11 is 5.67. The first-order chi connectivity index (χ1) is 9.91. The number of carboxylic acid groups (broad SMARTS) is 1. The molecule has 0 atom stereocenters. The van der Waals surface area contributed by atoms with Gasteiger partial charge in [0.1, 0.15) is 5.02 Å². The van der Waals surface area contributed by atoms with Gasteiger partial charge in [0.15, 0.2) is 5.78 Å². The summed E-state index contributed by atoms with van der Waals surface area (Å²) in [5.74, 6) is -2.16. The van der Waals surface area contributed by atoms with Crippen molar-refractivity contribution in [2.75, 3.05) is 0 Å². The van der Waals surface area contributed by atoms with E-state index in [1.54, 1.807) is 0 Å². The molecule has 0 aliphatic carbocycles. The van der Waals surface area contributed by atoms with Crippen LogP contribution in [0.5, 0.6) is 0 Å². The molecular weight excluding hydrogens is 298 g/mol. The molecule has 7 heteroatoms. The van der Waals surface area contributed by atoms with Crippen molar-refractivity contribution in [1.29, 1.82) is 0 Å². The van der Waals surface area contributed by atoms with Gasteiger partial charge in [-0.1, -0.05) is 35.9 Å². The molecule has 0 saturated carbocycles. The van der Waals surface area contributed by atoms with E-state index in [2.05, 4.69) is 0 Å². The Kier molecular flexibility index (Phi) is 4.00. The molecule has 2 aromatic carbocycles. The standard InChI is InChI=1S/C14H8ClNO5/c15-11-6-5-8(7-12(11)16(20)21)13(17)9-3-1-2-4-10(9)14(18)19/h1-7H,(H,18,19)/p-1. The summed E-state index contributed by atoms with van der Waals surface area (Å²) < 4.78 is 0. The SMILES string of the molecule is O=C([O-])c1ccccc1C(=O)c1ccc(Cl)c([N+](=O)[O-])c1. The van der Waals surface area contributed by atoms with Crippen molar-refractivity contribution in [1.82, 2.24) is 0 Å². The molecule has 0 amide bonds. The topological polar surface area (TPSA) is 100 Å². The second kappa shape index (κ2) is 5.72. The van der Waals surface area contributed by atoms with Crippen LogP contribution in [-0.4, -0.2) is 16.7 Å². The second-order valence-electron chi connectivity index (χ2n) is 4.09. The number of carbonyl (C=O) groups excluding carboxylic acids is 2. The van der Waals surface area contributed by atoms with Gasteiger partial charge in [-0.15, -0.1) is 0 Å². The number of nitro groups is 1. The molecule has 0 unspecified atom stereocenters. The minimum Gasteiger partial charge on any atom is -0.545 e. The van der Waals surface area contributed by atoms with Crippen LogP contribution in [0.2, 0.25) is 5.02 Å². The van der Waals surface area contributed by atoms with Crippen molar-refractivity contribution in [3.05, 3.63) is 74.3 Å². The number of halogens is 1. The molecule has 0 fully saturated rings. The number of nitrogens with zero attached hydrogens (tertiary/aromatic N) is 1. The van der Waals surface area contributed by atoms with Gasteiger partial charge < -0.3 is 9.90 Å². The molecule has 0 aromatic heterocycles. The second-order valence-corrected chi connectivity index (χ2v) is 4.49. The van der Waals surface area contributed by atoms with Crippen molar-refractivity contribution in [2.24, 2.45) is 0 Å². The van der Waals surface area contributed by atoms with Gasteiger partial charge in [0.2, 0.25) is 0 Å². The monoisotopic (exact) mass is 304 g/mol. The van der Waals surface area contributed by atoms with Gasteiger partial charge in [-0.3, -0.25) is 14.9 Å². The van der Waals surface area contributed by atoms with Crippen LogP contribution in [0.3, 0.4) is 0 Å². The molecule has 0 aliphatic rings. The Morgan fingerprint density at radius 3 is 2.24 bits per heavy atom. The van der Waals surface area contributed by atoms with Crippen LogP contribution in [0.25, 0.3) is 0 Å². The molecule has 2 rings (SSSR count). The molecule has 6 nitrogen and oxygen atoms in total. The van der Waals surface area contributed by atoms with Crippen LogP contribution >= 0.6 is 11.6 Å². The van der Waals surface area contributed by atoms with E-state index in [0.29, 0.717) is 0 Å². The van der Waals surface area contributed by atoms with E-state index in [1.165, 1.54) is 36.4 Å². The van der Waals surface area contributed by atoms with Crippen LogP contribution < -0.4 is 5.11 Å². The van der Waals surface area contributed by atoms with Crippen LogP contribution in [0.15, 0.2) is 42.5 Å². The number of carboxylic acids is 1. The normalized spacial score (nSPS) is 10.1. The average Bonchev–Trinajstić information content (AvgIpc) is 2.46. The number of benzene rings is 2. The Hall–Kier alpha value is -2.73. The van der Waals surface area contributed by atoms with Gasteiger partial charge in [0.25, 0.3) is 5.69 Å². The van der Waals surface area contributed by atoms with Gasteiger partial charge in [-0.25, -0.2) is 0 Å². The third kappa shape index (κ3) is 2.90. The highest BCUT2D eigenvalue weighted by Crippen LogP contribution is 2.26. The molecule has 0 radical (unpaired) electrons. The Balaban J connectivity index is 2.53. The van der Waals surface area contributed by atoms with Gasteiger partial charge in [-0.05, 0) is 12.1 Å². The lowest BCUT2D eigenvalue weighted by Gasteiger charge is -2.09. The summed E-state index contributed by atoms with van der Waals surface area (Å²) in [7, 11) is 0. The Labute approximate surface area is 123 Å². The van der Waals surface area contributed by atoms with Crippen LogP contribution in [-0.2, 0) is 0 Å². The maximum absolute atomic E-state index is 12.3. The quantitative estimate of drug-likeness (QED) is 0.487. The predicted octanol–water partition coefficient (Wildman–Crippen LogP) is 1.84. The molecule has 0 bridgehead atoms. The molecule has 0 aliphatic heterocycles. The van der Waals surface area contributed by atoms with Crippen molar-refractivity contribution in [3.8, 4) is 0 Å². The minimum absolute atomic E-state index is 0.0280. The molecule has 2 aromatic rings. The first-order valence-corrected chi connectivity index (χ1v) is 6.08. The van der Waals surface area contributed by atoms with Crippen LogP contribution in [0.1, 0.15) is 26.3 Å². The van der Waals surface area contributed by atoms with E-state index in [0.717, 1.165) is 6.07 Å². The fourth-order valence-corrected chi connectivity index (χ4v) is 1.99. The summed E-state index contributed by atoms with van der Waals surface area (Å²) in [4.78, 5) is 33.4. The number of aromatic carboxylic acids is 1. The van der Waals surface area contributed by atoms with E-state index in [9.17, 15) is 24.8 Å². The zero-order valence-electron chi connectivity index (χ0n) is 10.4. The third-order valence-corrected chi connectivity index (χ3v) is 3.12. The number of hydrogen-bond donors (Lipinski definition) is 0. The fourth-order valence-electron chi connectivity index (χ4n) is 1.81. The Bertz CT molecular complexity index is 757. The maximum Gasteiger partial charge on any atom is 0.288 e. The summed E-state index contributed by atoms with van der Waals surface area (Å²) in [6, 6.07) is 9.01. The number of rotatable bonds is 4. The first-order valence-electron chi connectivity index (χ1n) is 5.71. The Morgan fingerprint density at radius 1 is 1.05 bits per heavy atom. The number of carbonyl (C=O) groups is 2. The summed E-state index contributed by atoms with van der Waals surface area (Å²) in [6.45, 7) is 0. The molecule has 0 N–H and O–H groups in total. The minimum atomic E-state index is -1.50. The largest absolute Gasteiger partial charge is 0.545 e. The molecule has 106 valence electrons. The highest BCUT2D eigenvalue weighted by molar-refractivity contribution is 6.32. The van der Waals surface area contributed by atoms with Gasteiger partial charge in [0, 0.05) is 22.8 Å². The summed E-state index contributed by atoms with van der Waals surface area (Å²) in [5.41, 5.74) is -0.831. The Morgan fingerprint density at radius 2 is 1.67 bits per heavy atom. The number of hydrogen-bond acceptors (Lipinski definition) is 5. The van der Waals surface area contributed by atoms with E-state index in [4.69, 9.17) is 11.6 Å². The van der Waals surface area contributed by atoms with Crippen LogP contribution in [0, 0.1) is 10.1 Å². The zero-order valence-corrected chi connectivity index (χ0v) is 11.2. The van der Waals surface area contributed by atoms with E-state index in [1.807, 2.05) is 0 Å². The average molecular weight is 305 g/mol.